The van der Waals surface area contributed by atoms with Gasteiger partial charge < -0.3 is 10.2 Å². The van der Waals surface area contributed by atoms with Crippen molar-refractivity contribution < 1.29 is 13.2 Å². The Hall–Kier alpha value is -1.15. The maximum absolute atomic E-state index is 12.5. The van der Waals surface area contributed by atoms with Gasteiger partial charge in [-0.25, -0.2) is 13.4 Å². The van der Waals surface area contributed by atoms with Crippen molar-refractivity contribution in [1.82, 2.24) is 9.88 Å². The summed E-state index contributed by atoms with van der Waals surface area (Å²) in [6.07, 6.45) is 2.08. The molecule has 0 radical (unpaired) electrons. The number of rotatable bonds is 2. The predicted octanol–water partition coefficient (Wildman–Crippen LogP) is 1.15. The van der Waals surface area contributed by atoms with Crippen molar-refractivity contribution >= 4 is 37.5 Å². The molecule has 1 aliphatic rings. The number of anilines is 1. The van der Waals surface area contributed by atoms with E-state index in [0.29, 0.717) is 28.8 Å². The molecule has 0 aromatic carbocycles. The smallest absolute Gasteiger partial charge is 0.257 e. The first-order chi connectivity index (χ1) is 9.43. The van der Waals surface area contributed by atoms with E-state index in [2.05, 4.69) is 26.2 Å². The van der Waals surface area contributed by atoms with E-state index in [1.807, 2.05) is 0 Å². The number of amides is 1. The molecule has 0 unspecified atom stereocenters. The number of nitrogens with one attached hydrogen (secondary N) is 1. The second-order valence-corrected chi connectivity index (χ2v) is 7.82. The third kappa shape index (κ3) is 3.49. The van der Waals surface area contributed by atoms with Crippen molar-refractivity contribution in [3.05, 3.63) is 22.3 Å². The summed E-state index contributed by atoms with van der Waals surface area (Å²) in [5, 5.41) is 2.88. The van der Waals surface area contributed by atoms with E-state index in [4.69, 9.17) is 0 Å². The zero-order chi connectivity index (χ0) is 14.8. The summed E-state index contributed by atoms with van der Waals surface area (Å²) < 4.78 is 23.9. The number of pyridine rings is 1. The van der Waals surface area contributed by atoms with Gasteiger partial charge in [-0.15, -0.1) is 0 Å². The van der Waals surface area contributed by atoms with E-state index in [1.165, 1.54) is 0 Å². The Labute approximate surface area is 126 Å². The van der Waals surface area contributed by atoms with Gasteiger partial charge >= 0.3 is 0 Å². The van der Waals surface area contributed by atoms with Crippen LogP contribution in [-0.4, -0.2) is 55.9 Å². The predicted molar refractivity (Wildman–Crippen MR) is 80.7 cm³/mol. The lowest BCUT2D eigenvalue weighted by molar-refractivity contribution is 0.0769. The molecule has 0 aliphatic carbocycles. The normalized spacial score (nSPS) is 18.4. The highest BCUT2D eigenvalue weighted by atomic mass is 79.9. The molecule has 8 heteroatoms. The third-order valence-electron chi connectivity index (χ3n) is 3.16. The van der Waals surface area contributed by atoms with Gasteiger partial charge in [0.2, 0.25) is 0 Å². The first kappa shape index (κ1) is 15.2. The Balaban J connectivity index is 2.25. The summed E-state index contributed by atoms with van der Waals surface area (Å²) in [5.41, 5.74) is 0.446. The molecule has 0 bridgehead atoms. The molecule has 2 heterocycles. The number of sulfone groups is 1. The second kappa shape index (κ2) is 6.09. The van der Waals surface area contributed by atoms with Crippen LogP contribution in [0.2, 0.25) is 0 Å². The van der Waals surface area contributed by atoms with E-state index in [-0.39, 0.29) is 24.0 Å². The van der Waals surface area contributed by atoms with Crippen LogP contribution in [0.15, 0.2) is 16.7 Å². The van der Waals surface area contributed by atoms with Gasteiger partial charge in [0.1, 0.15) is 5.82 Å². The molecule has 0 saturated carbocycles. The Kier molecular flexibility index (Phi) is 4.64. The minimum atomic E-state index is -3.03. The highest BCUT2D eigenvalue weighted by Gasteiger charge is 2.25. The van der Waals surface area contributed by atoms with Crippen LogP contribution in [0.25, 0.3) is 0 Å². The summed E-state index contributed by atoms with van der Waals surface area (Å²) >= 11 is 3.29. The van der Waals surface area contributed by atoms with E-state index in [1.54, 1.807) is 24.2 Å². The average Bonchev–Trinajstić information content (AvgIpc) is 2.59. The van der Waals surface area contributed by atoms with Crippen molar-refractivity contribution in [3.63, 3.8) is 0 Å². The maximum atomic E-state index is 12.5. The molecule has 1 fully saturated rings. The molecule has 110 valence electrons. The molecule has 1 N–H and O–H groups in total. The molecule has 1 amide bonds. The number of carbonyl (C=O) groups excluding carboxylic acids is 1. The van der Waals surface area contributed by atoms with E-state index < -0.39 is 9.84 Å². The fourth-order valence-electron chi connectivity index (χ4n) is 2.11. The van der Waals surface area contributed by atoms with Crippen molar-refractivity contribution in [2.24, 2.45) is 0 Å². The first-order valence-corrected chi connectivity index (χ1v) is 8.87. The molecular formula is C12H16BrN3O3S. The van der Waals surface area contributed by atoms with Crippen LogP contribution in [-0.2, 0) is 9.84 Å². The van der Waals surface area contributed by atoms with Gasteiger partial charge in [-0.1, -0.05) is 0 Å². The zero-order valence-electron chi connectivity index (χ0n) is 11.1. The quantitative estimate of drug-likeness (QED) is 0.854. The topological polar surface area (TPSA) is 79.4 Å². The molecule has 1 aliphatic heterocycles. The van der Waals surface area contributed by atoms with Crippen LogP contribution in [0.4, 0.5) is 5.82 Å². The number of hydrogen-bond acceptors (Lipinski definition) is 5. The van der Waals surface area contributed by atoms with E-state index in [9.17, 15) is 13.2 Å². The Morgan fingerprint density at radius 1 is 1.40 bits per heavy atom. The van der Waals surface area contributed by atoms with Crippen LogP contribution in [0.5, 0.6) is 0 Å². The Morgan fingerprint density at radius 3 is 2.85 bits per heavy atom. The first-order valence-electron chi connectivity index (χ1n) is 6.26. The monoisotopic (exact) mass is 361 g/mol. The van der Waals surface area contributed by atoms with Gasteiger partial charge in [-0.2, -0.15) is 0 Å². The fraction of sp³-hybridized carbons (Fsp3) is 0.500. The van der Waals surface area contributed by atoms with Gasteiger partial charge in [0.05, 0.1) is 17.1 Å². The molecule has 0 spiro atoms. The van der Waals surface area contributed by atoms with Crippen LogP contribution >= 0.6 is 15.9 Å². The van der Waals surface area contributed by atoms with Crippen molar-refractivity contribution in [2.45, 2.75) is 6.42 Å². The lowest BCUT2D eigenvalue weighted by atomic mass is 10.2. The molecule has 2 rings (SSSR count). The van der Waals surface area contributed by atoms with Crippen LogP contribution in [0.1, 0.15) is 16.8 Å². The molecular weight excluding hydrogens is 346 g/mol. The van der Waals surface area contributed by atoms with Crippen molar-refractivity contribution in [1.29, 1.82) is 0 Å². The summed E-state index contributed by atoms with van der Waals surface area (Å²) in [7, 11) is -1.33. The summed E-state index contributed by atoms with van der Waals surface area (Å²) in [5.74, 6) is 0.465. The largest absolute Gasteiger partial charge is 0.372 e. The number of halogens is 1. The average molecular weight is 362 g/mol. The highest BCUT2D eigenvalue weighted by molar-refractivity contribution is 9.10. The fourth-order valence-corrected chi connectivity index (χ4v) is 3.72. The van der Waals surface area contributed by atoms with Gasteiger partial charge in [-0.3, -0.25) is 4.79 Å². The minimum absolute atomic E-state index is 0.0229. The molecule has 1 aromatic rings. The molecule has 1 saturated heterocycles. The molecule has 20 heavy (non-hydrogen) atoms. The number of aromatic nitrogens is 1. The van der Waals surface area contributed by atoms with Gasteiger partial charge in [-0.05, 0) is 28.4 Å². The molecule has 1 aromatic heterocycles. The minimum Gasteiger partial charge on any atom is -0.372 e. The number of carbonyl (C=O) groups is 1. The van der Waals surface area contributed by atoms with Gasteiger partial charge in [0, 0.05) is 30.8 Å². The SMILES string of the molecule is CNc1ncc(Br)cc1C(=O)N1CCCS(=O)(=O)CC1. The number of hydrogen-bond donors (Lipinski definition) is 1. The van der Waals surface area contributed by atoms with E-state index >= 15 is 0 Å². The van der Waals surface area contributed by atoms with Crippen molar-refractivity contribution in [2.75, 3.05) is 37.0 Å². The maximum Gasteiger partial charge on any atom is 0.257 e. The second-order valence-electron chi connectivity index (χ2n) is 4.60. The zero-order valence-corrected chi connectivity index (χ0v) is 13.5. The Morgan fingerprint density at radius 2 is 2.15 bits per heavy atom. The van der Waals surface area contributed by atoms with Crippen LogP contribution in [0, 0.1) is 0 Å². The van der Waals surface area contributed by atoms with Gasteiger partial charge in [0.15, 0.2) is 9.84 Å². The van der Waals surface area contributed by atoms with Crippen LogP contribution < -0.4 is 5.32 Å². The van der Waals surface area contributed by atoms with E-state index in [0.717, 1.165) is 0 Å². The summed E-state index contributed by atoms with van der Waals surface area (Å²) in [4.78, 5) is 18.2. The lowest BCUT2D eigenvalue weighted by Gasteiger charge is -2.21. The van der Waals surface area contributed by atoms with Crippen molar-refractivity contribution in [3.8, 4) is 0 Å². The lowest BCUT2D eigenvalue weighted by Crippen LogP contribution is -2.34. The summed E-state index contributed by atoms with van der Waals surface area (Å²) in [6.45, 7) is 0.685. The highest BCUT2D eigenvalue weighted by Crippen LogP contribution is 2.20. The van der Waals surface area contributed by atoms with Gasteiger partial charge in [0.25, 0.3) is 5.91 Å². The summed E-state index contributed by atoms with van der Waals surface area (Å²) in [6, 6.07) is 1.69. The standard InChI is InChI=1S/C12H16BrN3O3S/c1-14-11-10(7-9(13)8-15-11)12(17)16-3-2-5-20(18,19)6-4-16/h7-8H,2-6H2,1H3,(H,14,15). The Bertz CT molecular complexity index is 618. The molecule has 0 atom stereocenters. The third-order valence-corrected chi connectivity index (χ3v) is 5.31. The number of nitrogens with zero attached hydrogens (tertiary/aromatic N) is 2. The molecule has 6 nitrogen and oxygen atoms in total. The van der Waals surface area contributed by atoms with Crippen LogP contribution in [0.3, 0.4) is 0 Å².